The number of nitrogens with one attached hydrogen (secondary N) is 1. The molecule has 0 saturated carbocycles. The Morgan fingerprint density at radius 3 is 2.47 bits per heavy atom. The molecule has 0 bridgehead atoms. The summed E-state index contributed by atoms with van der Waals surface area (Å²) in [5, 5.41) is 11.6. The number of carbonyl (C=O) groups excluding carboxylic acids is 2. The molecule has 0 radical (unpaired) electrons. The molecule has 5 heteroatoms. The number of amides is 1. The molecule has 1 aromatic carbocycles. The number of carbonyl (C=O) groups is 2. The van der Waals surface area contributed by atoms with Crippen molar-refractivity contribution in [2.24, 2.45) is 0 Å². The molecule has 0 saturated heterocycles. The molecule has 0 unspecified atom stereocenters. The summed E-state index contributed by atoms with van der Waals surface area (Å²) in [5.74, 6) is -0.863. The molecule has 5 nitrogen and oxygen atoms in total. The summed E-state index contributed by atoms with van der Waals surface area (Å²) >= 11 is 0. The van der Waals surface area contributed by atoms with E-state index in [1.54, 1.807) is 24.3 Å². The number of hydrogen-bond donors (Lipinski definition) is 2. The Morgan fingerprint density at radius 1 is 1.32 bits per heavy atom. The molecule has 0 aliphatic rings. The fourth-order valence-corrected chi connectivity index (χ4v) is 1.38. The van der Waals surface area contributed by atoms with Crippen LogP contribution in [-0.4, -0.2) is 29.6 Å². The highest BCUT2D eigenvalue weighted by molar-refractivity contribution is 5.91. The third kappa shape index (κ3) is 5.09. The van der Waals surface area contributed by atoms with Crippen LogP contribution in [0.25, 0.3) is 0 Å². The van der Waals surface area contributed by atoms with Gasteiger partial charge in [0.25, 0.3) is 5.91 Å². The Bertz CT molecular complexity index is 428. The number of hydrogen-bond acceptors (Lipinski definition) is 4. The number of rotatable bonds is 6. The first-order valence-corrected chi connectivity index (χ1v) is 6.23. The van der Waals surface area contributed by atoms with Crippen LogP contribution in [0.3, 0.4) is 0 Å². The minimum atomic E-state index is -0.552. The standard InChI is InChI=1S/C14H19NO4/c1-3-10(2)15-13(17)9-19-14(18)12-6-4-11(8-16)5-7-12/h4-7,10,16H,3,8-9H2,1-2H3,(H,15,17)/t10-/m0/s1. The maximum absolute atomic E-state index is 11.6. The number of esters is 1. The predicted octanol–water partition coefficient (Wildman–Crippen LogP) is 1.25. The molecule has 0 heterocycles. The van der Waals surface area contributed by atoms with Gasteiger partial charge in [-0.3, -0.25) is 4.79 Å². The highest BCUT2D eigenvalue weighted by Gasteiger charge is 2.11. The summed E-state index contributed by atoms with van der Waals surface area (Å²) in [6, 6.07) is 6.45. The normalized spacial score (nSPS) is 11.7. The molecule has 1 amide bonds. The van der Waals surface area contributed by atoms with Gasteiger partial charge < -0.3 is 15.2 Å². The molecule has 0 aliphatic carbocycles. The fraction of sp³-hybridized carbons (Fsp3) is 0.429. The SMILES string of the molecule is CC[C@H](C)NC(=O)COC(=O)c1ccc(CO)cc1. The van der Waals surface area contributed by atoms with Crippen molar-refractivity contribution in [3.8, 4) is 0 Å². The Kier molecular flexibility index (Phi) is 6.02. The van der Waals surface area contributed by atoms with E-state index < -0.39 is 5.97 Å². The van der Waals surface area contributed by atoms with Crippen LogP contribution in [0.1, 0.15) is 36.2 Å². The highest BCUT2D eigenvalue weighted by atomic mass is 16.5. The fourth-order valence-electron chi connectivity index (χ4n) is 1.38. The number of benzene rings is 1. The maximum atomic E-state index is 11.6. The van der Waals surface area contributed by atoms with Crippen molar-refractivity contribution in [1.29, 1.82) is 0 Å². The molecule has 0 fully saturated rings. The van der Waals surface area contributed by atoms with Gasteiger partial charge in [0.2, 0.25) is 0 Å². The Morgan fingerprint density at radius 2 is 1.95 bits per heavy atom. The van der Waals surface area contributed by atoms with Crippen molar-refractivity contribution in [1.82, 2.24) is 5.32 Å². The van der Waals surface area contributed by atoms with E-state index in [1.165, 1.54) is 0 Å². The van der Waals surface area contributed by atoms with E-state index in [1.807, 2.05) is 13.8 Å². The zero-order valence-corrected chi connectivity index (χ0v) is 11.2. The zero-order chi connectivity index (χ0) is 14.3. The number of aliphatic hydroxyl groups excluding tert-OH is 1. The Labute approximate surface area is 112 Å². The van der Waals surface area contributed by atoms with Gasteiger partial charge >= 0.3 is 5.97 Å². The molecular weight excluding hydrogens is 246 g/mol. The first-order chi connectivity index (χ1) is 9.06. The lowest BCUT2D eigenvalue weighted by Crippen LogP contribution is -2.35. The van der Waals surface area contributed by atoms with Gasteiger partial charge in [0.15, 0.2) is 6.61 Å². The summed E-state index contributed by atoms with van der Waals surface area (Å²) in [5.41, 5.74) is 1.07. The molecule has 0 spiro atoms. The van der Waals surface area contributed by atoms with E-state index in [4.69, 9.17) is 9.84 Å². The molecule has 1 rings (SSSR count). The van der Waals surface area contributed by atoms with Gasteiger partial charge in [-0.1, -0.05) is 19.1 Å². The molecule has 0 aliphatic heterocycles. The van der Waals surface area contributed by atoms with Gasteiger partial charge in [0.05, 0.1) is 12.2 Å². The van der Waals surface area contributed by atoms with E-state index in [9.17, 15) is 9.59 Å². The molecule has 1 atom stereocenters. The van der Waals surface area contributed by atoms with Gasteiger partial charge in [-0.25, -0.2) is 4.79 Å². The van der Waals surface area contributed by atoms with Gasteiger partial charge in [0, 0.05) is 6.04 Å². The van der Waals surface area contributed by atoms with E-state index >= 15 is 0 Å². The molecule has 0 aromatic heterocycles. The van der Waals surface area contributed by atoms with Crippen molar-refractivity contribution >= 4 is 11.9 Å². The lowest BCUT2D eigenvalue weighted by molar-refractivity contribution is -0.124. The van der Waals surface area contributed by atoms with Crippen LogP contribution in [-0.2, 0) is 16.1 Å². The van der Waals surface area contributed by atoms with Crippen LogP contribution < -0.4 is 5.32 Å². The molecule has 104 valence electrons. The topological polar surface area (TPSA) is 75.6 Å². The van der Waals surface area contributed by atoms with Crippen LogP contribution in [0.5, 0.6) is 0 Å². The van der Waals surface area contributed by atoms with Crippen LogP contribution in [0.15, 0.2) is 24.3 Å². The predicted molar refractivity (Wildman–Crippen MR) is 70.5 cm³/mol. The smallest absolute Gasteiger partial charge is 0.338 e. The summed E-state index contributed by atoms with van der Waals surface area (Å²) in [6.07, 6.45) is 0.822. The lowest BCUT2D eigenvalue weighted by Gasteiger charge is -2.11. The first kappa shape index (κ1) is 15.2. The molecular formula is C14H19NO4. The average molecular weight is 265 g/mol. The van der Waals surface area contributed by atoms with Crippen molar-refractivity contribution in [3.63, 3.8) is 0 Å². The van der Waals surface area contributed by atoms with Crippen LogP contribution >= 0.6 is 0 Å². The average Bonchev–Trinajstić information content (AvgIpc) is 2.44. The molecule has 2 N–H and O–H groups in total. The lowest BCUT2D eigenvalue weighted by atomic mass is 10.1. The number of ether oxygens (including phenoxy) is 1. The van der Waals surface area contributed by atoms with Gasteiger partial charge in [-0.2, -0.15) is 0 Å². The van der Waals surface area contributed by atoms with Crippen LogP contribution in [0.4, 0.5) is 0 Å². The maximum Gasteiger partial charge on any atom is 0.338 e. The van der Waals surface area contributed by atoms with E-state index in [2.05, 4.69) is 5.32 Å². The van der Waals surface area contributed by atoms with E-state index in [-0.39, 0.29) is 25.2 Å². The van der Waals surface area contributed by atoms with Gasteiger partial charge in [-0.05, 0) is 31.0 Å². The van der Waals surface area contributed by atoms with E-state index in [0.717, 1.165) is 6.42 Å². The summed E-state index contributed by atoms with van der Waals surface area (Å²) in [4.78, 5) is 23.1. The highest BCUT2D eigenvalue weighted by Crippen LogP contribution is 2.05. The summed E-state index contributed by atoms with van der Waals surface area (Å²) in [7, 11) is 0. The molecule has 1 aromatic rings. The minimum Gasteiger partial charge on any atom is -0.452 e. The van der Waals surface area contributed by atoms with Crippen LogP contribution in [0, 0.1) is 0 Å². The van der Waals surface area contributed by atoms with Crippen molar-refractivity contribution < 1.29 is 19.4 Å². The van der Waals surface area contributed by atoms with Crippen molar-refractivity contribution in [2.75, 3.05) is 6.61 Å². The second-order valence-electron chi connectivity index (χ2n) is 4.31. The monoisotopic (exact) mass is 265 g/mol. The Balaban J connectivity index is 2.44. The third-order valence-electron chi connectivity index (χ3n) is 2.73. The van der Waals surface area contributed by atoms with Crippen molar-refractivity contribution in [3.05, 3.63) is 35.4 Å². The first-order valence-electron chi connectivity index (χ1n) is 6.23. The molecule has 19 heavy (non-hydrogen) atoms. The Hall–Kier alpha value is -1.88. The van der Waals surface area contributed by atoms with Crippen LogP contribution in [0.2, 0.25) is 0 Å². The van der Waals surface area contributed by atoms with Gasteiger partial charge in [0.1, 0.15) is 0 Å². The summed E-state index contributed by atoms with van der Waals surface area (Å²) < 4.78 is 4.90. The van der Waals surface area contributed by atoms with E-state index in [0.29, 0.717) is 11.1 Å². The number of aliphatic hydroxyl groups is 1. The summed E-state index contributed by atoms with van der Waals surface area (Å²) in [6.45, 7) is 3.48. The third-order valence-corrected chi connectivity index (χ3v) is 2.73. The largest absolute Gasteiger partial charge is 0.452 e. The van der Waals surface area contributed by atoms with Gasteiger partial charge in [-0.15, -0.1) is 0 Å². The van der Waals surface area contributed by atoms with Crippen molar-refractivity contribution in [2.45, 2.75) is 32.9 Å². The zero-order valence-electron chi connectivity index (χ0n) is 11.2. The quantitative estimate of drug-likeness (QED) is 0.759. The second kappa shape index (κ2) is 7.53. The second-order valence-corrected chi connectivity index (χ2v) is 4.31. The minimum absolute atomic E-state index is 0.0649.